The molecule has 0 heteroatoms. The Kier molecular flexibility index (Phi) is 4.31. The van der Waals surface area contributed by atoms with Crippen LogP contribution < -0.4 is 0 Å². The minimum Gasteiger partial charge on any atom is -0.0662 e. The Bertz CT molecular complexity index is 257. The van der Waals surface area contributed by atoms with Crippen molar-refractivity contribution in [2.75, 3.05) is 0 Å². The first-order chi connectivity index (χ1) is 6.36. The number of hydrogen-bond acceptors (Lipinski definition) is 0. The van der Waals surface area contributed by atoms with Gasteiger partial charge in [0.05, 0.1) is 0 Å². The summed E-state index contributed by atoms with van der Waals surface area (Å²) in [4.78, 5) is 0. The van der Waals surface area contributed by atoms with Crippen LogP contribution in [0.2, 0.25) is 0 Å². The Morgan fingerprint density at radius 2 is 1.92 bits per heavy atom. The summed E-state index contributed by atoms with van der Waals surface area (Å²) in [5, 5.41) is 0. The van der Waals surface area contributed by atoms with E-state index in [0.29, 0.717) is 0 Å². The molecule has 1 radical (unpaired) electrons. The van der Waals surface area contributed by atoms with E-state index in [1.807, 2.05) is 6.07 Å². The van der Waals surface area contributed by atoms with Crippen LogP contribution in [0.5, 0.6) is 0 Å². The number of allylic oxidation sites excluding steroid dienone is 1. The predicted molar refractivity (Wildman–Crippen MR) is 59.3 cm³/mol. The lowest BCUT2D eigenvalue weighted by atomic mass is 10.0. The van der Waals surface area contributed by atoms with Gasteiger partial charge in [-0.05, 0) is 18.4 Å². The average Bonchev–Trinajstić information content (AvgIpc) is 2.19. The molecule has 0 atom stereocenters. The van der Waals surface area contributed by atoms with Gasteiger partial charge in [0.25, 0.3) is 0 Å². The minimum absolute atomic E-state index is 1.17. The van der Waals surface area contributed by atoms with E-state index in [1.54, 1.807) is 0 Å². The zero-order chi connectivity index (χ0) is 9.52. The highest BCUT2D eigenvalue weighted by atomic mass is 14.0. The molecular weight excluding hydrogens is 156 g/mol. The van der Waals surface area contributed by atoms with Crippen LogP contribution in [0.1, 0.15) is 32.3 Å². The van der Waals surface area contributed by atoms with Crippen molar-refractivity contribution in [1.82, 2.24) is 0 Å². The fourth-order valence-corrected chi connectivity index (χ4v) is 1.35. The van der Waals surface area contributed by atoms with Gasteiger partial charge in [-0.25, -0.2) is 0 Å². The van der Waals surface area contributed by atoms with Crippen molar-refractivity contribution in [3.63, 3.8) is 0 Å². The molecule has 0 aliphatic heterocycles. The molecule has 1 aromatic rings. The maximum absolute atomic E-state index is 2.25. The van der Waals surface area contributed by atoms with Crippen molar-refractivity contribution in [1.29, 1.82) is 0 Å². The van der Waals surface area contributed by atoms with E-state index in [1.165, 1.54) is 24.0 Å². The molecule has 0 N–H and O–H groups in total. The molecule has 0 saturated carbocycles. The first-order valence-corrected chi connectivity index (χ1v) is 4.91. The molecule has 0 nitrogen and oxygen atoms in total. The SMILES string of the molecule is C[CH]C(=Cc1ccccc1)CCC. The third-order valence-electron chi connectivity index (χ3n) is 2.06. The van der Waals surface area contributed by atoms with Crippen molar-refractivity contribution in [2.24, 2.45) is 0 Å². The highest BCUT2D eigenvalue weighted by Gasteiger charge is 1.93. The molecule has 0 spiro atoms. The van der Waals surface area contributed by atoms with Gasteiger partial charge in [-0.3, -0.25) is 0 Å². The van der Waals surface area contributed by atoms with E-state index in [-0.39, 0.29) is 0 Å². The number of hydrogen-bond donors (Lipinski definition) is 0. The van der Waals surface area contributed by atoms with Crippen LogP contribution in [-0.2, 0) is 0 Å². The fraction of sp³-hybridized carbons (Fsp3) is 0.308. The molecule has 1 aromatic carbocycles. The summed E-state index contributed by atoms with van der Waals surface area (Å²) < 4.78 is 0. The van der Waals surface area contributed by atoms with E-state index in [0.717, 1.165) is 0 Å². The molecule has 0 saturated heterocycles. The molecule has 0 amide bonds. The summed E-state index contributed by atoms with van der Waals surface area (Å²) in [6, 6.07) is 10.5. The smallest absolute Gasteiger partial charge is 0.0165 e. The van der Waals surface area contributed by atoms with Gasteiger partial charge in [-0.15, -0.1) is 0 Å². The number of benzene rings is 1. The van der Waals surface area contributed by atoms with E-state index in [9.17, 15) is 0 Å². The number of rotatable bonds is 4. The first kappa shape index (κ1) is 10.0. The molecule has 0 aromatic heterocycles. The summed E-state index contributed by atoms with van der Waals surface area (Å²) in [6.45, 7) is 4.31. The minimum atomic E-state index is 1.17. The van der Waals surface area contributed by atoms with Crippen LogP contribution in [0.15, 0.2) is 35.9 Å². The predicted octanol–water partition coefficient (Wildman–Crippen LogP) is 4.09. The summed E-state index contributed by atoms with van der Waals surface area (Å²) in [6.07, 6.45) is 6.83. The lowest BCUT2D eigenvalue weighted by Gasteiger charge is -2.01. The second-order valence-electron chi connectivity index (χ2n) is 3.17. The van der Waals surface area contributed by atoms with Gasteiger partial charge in [0, 0.05) is 0 Å². The summed E-state index contributed by atoms with van der Waals surface area (Å²) >= 11 is 0. The van der Waals surface area contributed by atoms with E-state index < -0.39 is 0 Å². The van der Waals surface area contributed by atoms with Gasteiger partial charge < -0.3 is 0 Å². The third-order valence-corrected chi connectivity index (χ3v) is 2.06. The zero-order valence-corrected chi connectivity index (χ0v) is 8.46. The molecule has 13 heavy (non-hydrogen) atoms. The first-order valence-electron chi connectivity index (χ1n) is 4.91. The lowest BCUT2D eigenvalue weighted by molar-refractivity contribution is 0.916. The Morgan fingerprint density at radius 1 is 1.23 bits per heavy atom. The molecule has 0 bridgehead atoms. The molecule has 0 fully saturated rings. The molecule has 0 unspecified atom stereocenters. The van der Waals surface area contributed by atoms with E-state index in [2.05, 4.69) is 50.6 Å². The fourth-order valence-electron chi connectivity index (χ4n) is 1.35. The van der Waals surface area contributed by atoms with Gasteiger partial charge in [-0.1, -0.05) is 62.2 Å². The molecule has 0 aliphatic rings. The molecule has 0 aliphatic carbocycles. The summed E-state index contributed by atoms with van der Waals surface area (Å²) in [5.74, 6) is 0. The Hall–Kier alpha value is -1.04. The highest BCUT2D eigenvalue weighted by Crippen LogP contribution is 2.13. The lowest BCUT2D eigenvalue weighted by Crippen LogP contribution is -1.81. The Balaban J connectivity index is 2.73. The van der Waals surface area contributed by atoms with Crippen LogP contribution in [0.4, 0.5) is 0 Å². The average molecular weight is 173 g/mol. The van der Waals surface area contributed by atoms with Crippen LogP contribution in [0.25, 0.3) is 6.08 Å². The molecular formula is C13H17. The van der Waals surface area contributed by atoms with Crippen LogP contribution >= 0.6 is 0 Å². The quantitative estimate of drug-likeness (QED) is 0.643. The van der Waals surface area contributed by atoms with Crippen LogP contribution in [-0.4, -0.2) is 0 Å². The summed E-state index contributed by atoms with van der Waals surface area (Å²) in [5.41, 5.74) is 2.72. The maximum atomic E-state index is 2.25. The van der Waals surface area contributed by atoms with Gasteiger partial charge in [0.2, 0.25) is 0 Å². The van der Waals surface area contributed by atoms with Gasteiger partial charge in [0.15, 0.2) is 0 Å². The molecule has 0 heterocycles. The van der Waals surface area contributed by atoms with Gasteiger partial charge in [0.1, 0.15) is 0 Å². The van der Waals surface area contributed by atoms with Crippen molar-refractivity contribution in [3.05, 3.63) is 47.9 Å². The second kappa shape index (κ2) is 5.58. The van der Waals surface area contributed by atoms with Gasteiger partial charge in [-0.2, -0.15) is 0 Å². The second-order valence-corrected chi connectivity index (χ2v) is 3.17. The van der Waals surface area contributed by atoms with Crippen LogP contribution in [0, 0.1) is 6.42 Å². The largest absolute Gasteiger partial charge is 0.0662 e. The van der Waals surface area contributed by atoms with Gasteiger partial charge >= 0.3 is 0 Å². The Labute approximate surface area is 81.3 Å². The highest BCUT2D eigenvalue weighted by molar-refractivity contribution is 5.54. The van der Waals surface area contributed by atoms with Crippen LogP contribution in [0.3, 0.4) is 0 Å². The van der Waals surface area contributed by atoms with Crippen molar-refractivity contribution in [3.8, 4) is 0 Å². The van der Waals surface area contributed by atoms with Crippen molar-refractivity contribution < 1.29 is 0 Å². The Morgan fingerprint density at radius 3 is 2.46 bits per heavy atom. The van der Waals surface area contributed by atoms with Crippen molar-refractivity contribution in [2.45, 2.75) is 26.7 Å². The van der Waals surface area contributed by atoms with E-state index >= 15 is 0 Å². The van der Waals surface area contributed by atoms with Crippen molar-refractivity contribution >= 4 is 6.08 Å². The standard InChI is InChI=1S/C13H17/c1-3-8-12(4-2)11-13-9-6-5-7-10-13/h4-7,9-11H,3,8H2,1-2H3. The summed E-state index contributed by atoms with van der Waals surface area (Å²) in [7, 11) is 0. The third kappa shape index (κ3) is 3.45. The van der Waals surface area contributed by atoms with E-state index in [4.69, 9.17) is 0 Å². The molecule has 69 valence electrons. The maximum Gasteiger partial charge on any atom is -0.0165 e. The topological polar surface area (TPSA) is 0 Å². The normalized spacial score (nSPS) is 11.7. The molecule has 1 rings (SSSR count). The zero-order valence-electron chi connectivity index (χ0n) is 8.46. The monoisotopic (exact) mass is 173 g/mol.